The van der Waals surface area contributed by atoms with Crippen molar-refractivity contribution in [2.24, 2.45) is 0 Å². The fourth-order valence-electron chi connectivity index (χ4n) is 3.59. The maximum atomic E-state index is 12.6. The molecule has 1 aliphatic rings. The van der Waals surface area contributed by atoms with Crippen molar-refractivity contribution < 1.29 is 9.53 Å². The maximum absolute atomic E-state index is 12.6. The van der Waals surface area contributed by atoms with E-state index < -0.39 is 0 Å². The molecular formula is C28H27IN2O2S. The number of hydrogen-bond acceptors (Lipinski definition) is 4. The van der Waals surface area contributed by atoms with Crippen molar-refractivity contribution in [3.63, 3.8) is 0 Å². The van der Waals surface area contributed by atoms with E-state index in [-0.39, 0.29) is 11.4 Å². The molecule has 0 radical (unpaired) electrons. The topological polar surface area (TPSA) is 50.4 Å². The molecule has 174 valence electrons. The number of allylic oxidation sites excluding steroid dienone is 1. The Morgan fingerprint density at radius 2 is 1.82 bits per heavy atom. The average Bonchev–Trinajstić information content (AvgIpc) is 3.18. The number of aryl methyl sites for hydroxylation is 1. The summed E-state index contributed by atoms with van der Waals surface area (Å²) in [6.07, 6.45) is 5.49. The summed E-state index contributed by atoms with van der Waals surface area (Å²) in [7, 11) is 0. The van der Waals surface area contributed by atoms with Crippen molar-refractivity contribution in [1.82, 2.24) is 5.32 Å². The van der Waals surface area contributed by atoms with E-state index in [2.05, 4.69) is 89.2 Å². The smallest absolute Gasteiger partial charge is 0.260 e. The Morgan fingerprint density at radius 3 is 2.53 bits per heavy atom. The van der Waals surface area contributed by atoms with Crippen LogP contribution >= 0.6 is 34.4 Å². The van der Waals surface area contributed by atoms with Crippen molar-refractivity contribution in [2.45, 2.75) is 31.9 Å². The largest absolute Gasteiger partial charge is 0.489 e. The van der Waals surface area contributed by atoms with Gasteiger partial charge >= 0.3 is 0 Å². The van der Waals surface area contributed by atoms with Gasteiger partial charge in [0.1, 0.15) is 12.4 Å². The molecule has 3 aromatic rings. The molecule has 0 unspecified atom stereocenters. The summed E-state index contributed by atoms with van der Waals surface area (Å²) in [4.78, 5) is 13.2. The molecule has 1 amide bonds. The van der Waals surface area contributed by atoms with E-state index in [1.807, 2.05) is 36.4 Å². The summed E-state index contributed by atoms with van der Waals surface area (Å²) < 4.78 is 7.30. The number of anilines is 1. The van der Waals surface area contributed by atoms with Crippen LogP contribution in [0.15, 0.2) is 84.3 Å². The molecule has 1 fully saturated rings. The van der Waals surface area contributed by atoms with Gasteiger partial charge in [0.05, 0.1) is 4.91 Å². The zero-order chi connectivity index (χ0) is 23.9. The first-order valence-electron chi connectivity index (χ1n) is 11.2. The molecule has 0 bridgehead atoms. The number of nitrogens with one attached hydrogen (secondary N) is 2. The maximum Gasteiger partial charge on any atom is 0.260 e. The Hall–Kier alpha value is -2.71. The number of benzene rings is 3. The molecule has 4 rings (SSSR count). The predicted octanol–water partition coefficient (Wildman–Crippen LogP) is 6.76. The number of rotatable bonds is 9. The number of carbonyl (C=O) groups is 1. The van der Waals surface area contributed by atoms with Crippen LogP contribution in [0, 0.1) is 3.57 Å². The summed E-state index contributed by atoms with van der Waals surface area (Å²) >= 11 is 3.78. The van der Waals surface area contributed by atoms with Gasteiger partial charge in [-0.25, -0.2) is 0 Å². The third kappa shape index (κ3) is 6.45. The second kappa shape index (κ2) is 11.6. The highest BCUT2D eigenvalue weighted by molar-refractivity contribution is 14.1. The highest BCUT2D eigenvalue weighted by atomic mass is 127. The third-order valence-electron chi connectivity index (χ3n) is 5.44. The van der Waals surface area contributed by atoms with Gasteiger partial charge in [-0.2, -0.15) is 0 Å². The molecule has 0 aliphatic carbocycles. The van der Waals surface area contributed by atoms with Crippen LogP contribution in [0.3, 0.4) is 0 Å². The zero-order valence-electron chi connectivity index (χ0n) is 19.0. The van der Waals surface area contributed by atoms with Crippen LogP contribution in [0.4, 0.5) is 5.69 Å². The molecule has 4 nitrogen and oxygen atoms in total. The number of ether oxygens (including phenoxy) is 1. The van der Waals surface area contributed by atoms with E-state index in [0.29, 0.717) is 17.9 Å². The molecule has 1 heterocycles. The third-order valence-corrected chi connectivity index (χ3v) is 7.19. The molecule has 6 heteroatoms. The van der Waals surface area contributed by atoms with Crippen LogP contribution in [-0.4, -0.2) is 11.4 Å². The van der Waals surface area contributed by atoms with Crippen molar-refractivity contribution in [2.75, 3.05) is 5.32 Å². The number of carbonyl (C=O) groups excluding carboxylic acids is 1. The summed E-state index contributed by atoms with van der Waals surface area (Å²) in [5.74, 6) is 0.760. The molecule has 0 saturated carbocycles. The molecule has 0 spiro atoms. The fourth-order valence-corrected chi connectivity index (χ4v) is 4.94. The van der Waals surface area contributed by atoms with Crippen molar-refractivity contribution >= 4 is 52.0 Å². The van der Waals surface area contributed by atoms with E-state index in [0.717, 1.165) is 34.5 Å². The normalized spacial score (nSPS) is 16.4. The first kappa shape index (κ1) is 24.4. The molecule has 34 heavy (non-hydrogen) atoms. The number of thioether (sulfide) groups is 1. The summed E-state index contributed by atoms with van der Waals surface area (Å²) in [5, 5.41) is 6.37. The minimum atomic E-state index is -0.199. The Morgan fingerprint density at radius 1 is 1.09 bits per heavy atom. The first-order chi connectivity index (χ1) is 16.5. The molecule has 1 atom stereocenters. The second-order valence-electron chi connectivity index (χ2n) is 7.95. The van der Waals surface area contributed by atoms with Gasteiger partial charge in [0.2, 0.25) is 0 Å². The van der Waals surface area contributed by atoms with Crippen LogP contribution in [0.25, 0.3) is 6.08 Å². The minimum Gasteiger partial charge on any atom is -0.489 e. The van der Waals surface area contributed by atoms with E-state index in [1.165, 1.54) is 20.9 Å². The van der Waals surface area contributed by atoms with Gasteiger partial charge in [-0.1, -0.05) is 55.1 Å². The molecule has 2 N–H and O–H groups in total. The van der Waals surface area contributed by atoms with Crippen molar-refractivity contribution in [3.8, 4) is 5.75 Å². The van der Waals surface area contributed by atoms with E-state index >= 15 is 0 Å². The van der Waals surface area contributed by atoms with E-state index in [9.17, 15) is 4.79 Å². The average molecular weight is 583 g/mol. The van der Waals surface area contributed by atoms with Gasteiger partial charge in [0, 0.05) is 9.26 Å². The molecule has 1 aliphatic heterocycles. The fraction of sp³-hybridized carbons (Fsp3) is 0.179. The number of hydrogen-bond donors (Lipinski definition) is 2. The Balaban J connectivity index is 1.44. The molecule has 3 aromatic carbocycles. The monoisotopic (exact) mass is 582 g/mol. The highest BCUT2D eigenvalue weighted by Crippen LogP contribution is 2.31. The van der Waals surface area contributed by atoms with Gasteiger partial charge in [-0.15, -0.1) is 6.58 Å². The van der Waals surface area contributed by atoms with Gasteiger partial charge in [-0.05, 0) is 100 Å². The van der Waals surface area contributed by atoms with E-state index in [1.54, 1.807) is 0 Å². The van der Waals surface area contributed by atoms with Crippen LogP contribution in [-0.2, 0) is 24.2 Å². The van der Waals surface area contributed by atoms with Crippen molar-refractivity contribution in [3.05, 3.63) is 110 Å². The number of amides is 1. The van der Waals surface area contributed by atoms with Gasteiger partial charge in [0.15, 0.2) is 5.50 Å². The van der Waals surface area contributed by atoms with Gasteiger partial charge in [0.25, 0.3) is 5.91 Å². The van der Waals surface area contributed by atoms with Crippen LogP contribution in [0.5, 0.6) is 5.75 Å². The van der Waals surface area contributed by atoms with Crippen LogP contribution in [0.2, 0.25) is 0 Å². The lowest BCUT2D eigenvalue weighted by Gasteiger charge is -2.13. The molecule has 1 saturated heterocycles. The SMILES string of the molecule is C=CCc1cc(/C=C2\S[C@@H](Nc3ccc(CC)cc3)NC2=O)ccc1OCc1ccc(I)cc1. The van der Waals surface area contributed by atoms with E-state index in [4.69, 9.17) is 4.74 Å². The number of halogens is 1. The standard InChI is InChI=1S/C28H27IN2O2S/c1-3-5-22-16-21(10-15-25(22)33-18-20-6-11-23(29)12-7-20)17-26-27(32)31-28(34-26)30-24-13-8-19(4-2)9-14-24/h3,6-17,28,30H,1,4-5,18H2,2H3,(H,31,32)/b26-17-/t28-/m0/s1. The quantitative estimate of drug-likeness (QED) is 0.166. The van der Waals surface area contributed by atoms with Crippen LogP contribution in [0.1, 0.15) is 29.2 Å². The summed E-state index contributed by atoms with van der Waals surface area (Å²) in [5.41, 5.74) is 5.20. The lowest BCUT2D eigenvalue weighted by atomic mass is 10.1. The zero-order valence-corrected chi connectivity index (χ0v) is 22.0. The second-order valence-corrected chi connectivity index (χ2v) is 10.3. The van der Waals surface area contributed by atoms with Gasteiger partial charge in [-0.3, -0.25) is 4.79 Å². The Bertz CT molecular complexity index is 1190. The Labute approximate surface area is 219 Å². The van der Waals surface area contributed by atoms with Crippen LogP contribution < -0.4 is 15.4 Å². The molecule has 0 aromatic heterocycles. The Kier molecular flexibility index (Phi) is 8.34. The first-order valence-corrected chi connectivity index (χ1v) is 13.2. The predicted molar refractivity (Wildman–Crippen MR) is 151 cm³/mol. The molecular weight excluding hydrogens is 555 g/mol. The summed E-state index contributed by atoms with van der Waals surface area (Å²) in [6, 6.07) is 22.6. The lowest BCUT2D eigenvalue weighted by Crippen LogP contribution is -2.30. The summed E-state index contributed by atoms with van der Waals surface area (Å²) in [6.45, 7) is 6.52. The van der Waals surface area contributed by atoms with Gasteiger partial charge < -0.3 is 15.4 Å². The lowest BCUT2D eigenvalue weighted by molar-refractivity contribution is -0.116. The minimum absolute atomic E-state index is 0.0722. The highest BCUT2D eigenvalue weighted by Gasteiger charge is 2.27. The van der Waals surface area contributed by atoms with Crippen molar-refractivity contribution in [1.29, 1.82) is 0 Å².